The lowest BCUT2D eigenvalue weighted by atomic mass is 9.30. The zero-order valence-corrected chi connectivity index (χ0v) is 46.1. The molecule has 0 aromatic rings. The molecule has 14 N–H and O–H groups in total. The largest absolute Gasteiger partial charge is 0.462 e. The Balaban J connectivity index is 0.920. The molecule has 10 aliphatic rings. The summed E-state index contributed by atoms with van der Waals surface area (Å²) in [7, 11) is 0. The molecule has 2 bridgehead atoms. The Morgan fingerprint density at radius 1 is 0.557 bits per heavy atom. The lowest BCUT2D eigenvalue weighted by Gasteiger charge is -2.75. The van der Waals surface area contributed by atoms with Gasteiger partial charge in [-0.05, 0) is 85.9 Å². The molecule has 25 heteroatoms. The van der Waals surface area contributed by atoms with E-state index in [0.717, 1.165) is 0 Å². The summed E-state index contributed by atoms with van der Waals surface area (Å²) >= 11 is 0. The molecule has 0 amide bonds. The highest BCUT2D eigenvalue weighted by Crippen LogP contribution is 2.81. The van der Waals surface area contributed by atoms with Crippen LogP contribution in [0.3, 0.4) is 0 Å². The van der Waals surface area contributed by atoms with Crippen LogP contribution < -0.4 is 0 Å². The van der Waals surface area contributed by atoms with Crippen molar-refractivity contribution in [3.8, 4) is 0 Å². The predicted molar refractivity (Wildman–Crippen MR) is 264 cm³/mol. The SMILES string of the molecule is CC(=O)O[C@H]1CC(C)(C)C[C@@H]2[C@@]13[C@H](O)C[C@]1(C)[C@@]2(CC[C@@H]2[C@@]4(C)CC[C@H](O[C@@H]5OC[C@H](O[C@@H]6O[C@H](CO)[C@@H](O)[C@H](O)[C@H]6O[C@@H]6OC[C@@H](O)[C@H](O)[C@H]6O)[C@H](O)[C@H]5O[C@@H]5O[C@H](CO)[C@@H](O)[C@H](O)[C@H]5O)[C@@](C)(CO)[C@@H]4CC[C@]21C)O[C@@H]3O. The molecule has 0 unspecified atom stereocenters. The molecule has 5 aliphatic heterocycles. The summed E-state index contributed by atoms with van der Waals surface area (Å²) in [6, 6.07) is 0. The average Bonchev–Trinajstić information content (AvgIpc) is 2.60. The van der Waals surface area contributed by atoms with Gasteiger partial charge in [-0.1, -0.05) is 41.5 Å². The van der Waals surface area contributed by atoms with E-state index in [1.807, 2.05) is 6.92 Å². The van der Waals surface area contributed by atoms with E-state index in [2.05, 4.69) is 34.6 Å². The van der Waals surface area contributed by atoms with Gasteiger partial charge in [-0.15, -0.1) is 0 Å². The van der Waals surface area contributed by atoms with Crippen LogP contribution in [0.4, 0.5) is 0 Å². The van der Waals surface area contributed by atoms with E-state index in [0.29, 0.717) is 57.8 Å². The lowest BCUT2D eigenvalue weighted by molar-refractivity contribution is -0.393. The van der Waals surface area contributed by atoms with Crippen LogP contribution in [-0.2, 0) is 52.2 Å². The second kappa shape index (κ2) is 21.5. The molecular formula is C54H88O25. The molecule has 10 fully saturated rings. The fraction of sp³-hybridized carbons (Fsp3) is 0.981. The van der Waals surface area contributed by atoms with Crippen molar-refractivity contribution in [3.05, 3.63) is 0 Å². The van der Waals surface area contributed by atoms with Gasteiger partial charge in [-0.25, -0.2) is 0 Å². The number of aliphatic hydroxyl groups is 14. The first-order chi connectivity index (χ1) is 37.0. The Kier molecular flexibility index (Phi) is 16.5. The summed E-state index contributed by atoms with van der Waals surface area (Å²) in [6.07, 6.45) is -30.0. The molecule has 0 radical (unpaired) electrons. The molecule has 0 aromatic carbocycles. The van der Waals surface area contributed by atoms with Crippen molar-refractivity contribution in [2.24, 2.45) is 50.2 Å². The van der Waals surface area contributed by atoms with Crippen LogP contribution in [0.15, 0.2) is 0 Å². The molecule has 25 nitrogen and oxygen atoms in total. The van der Waals surface area contributed by atoms with E-state index in [-0.39, 0.29) is 29.8 Å². The topological polar surface area (TPSA) is 393 Å². The predicted octanol–water partition coefficient (Wildman–Crippen LogP) is -3.24. The third kappa shape index (κ3) is 9.16. The molecule has 0 aromatic heterocycles. The maximum absolute atomic E-state index is 12.6. The van der Waals surface area contributed by atoms with Crippen molar-refractivity contribution in [2.45, 2.75) is 247 Å². The van der Waals surface area contributed by atoms with Crippen molar-refractivity contribution in [1.82, 2.24) is 0 Å². The van der Waals surface area contributed by atoms with Gasteiger partial charge >= 0.3 is 5.97 Å². The van der Waals surface area contributed by atoms with Gasteiger partial charge < -0.3 is 119 Å². The molecule has 454 valence electrons. The number of esters is 1. The number of hydrogen-bond donors (Lipinski definition) is 14. The zero-order chi connectivity index (χ0) is 57.5. The second-order valence-corrected chi connectivity index (χ2v) is 26.8. The van der Waals surface area contributed by atoms with Crippen molar-refractivity contribution in [2.75, 3.05) is 33.0 Å². The van der Waals surface area contributed by atoms with Crippen LogP contribution in [0.5, 0.6) is 0 Å². The van der Waals surface area contributed by atoms with Gasteiger partial charge in [0, 0.05) is 23.7 Å². The fourth-order valence-corrected chi connectivity index (χ4v) is 18.1. The summed E-state index contributed by atoms with van der Waals surface area (Å²) in [5, 5.41) is 155. The van der Waals surface area contributed by atoms with Crippen molar-refractivity contribution >= 4 is 5.97 Å². The first-order valence-corrected chi connectivity index (χ1v) is 28.4. The van der Waals surface area contributed by atoms with Crippen molar-refractivity contribution in [3.63, 3.8) is 0 Å². The minimum atomic E-state index is -1.95. The van der Waals surface area contributed by atoms with E-state index in [9.17, 15) is 76.3 Å². The number of fused-ring (bicyclic) bond motifs is 4. The summed E-state index contributed by atoms with van der Waals surface area (Å²) < 4.78 is 61.6. The molecular weight excluding hydrogens is 1050 g/mol. The first kappa shape index (κ1) is 60.7. The number of carbonyl (C=O) groups excluding carboxylic acids is 1. The molecule has 1 spiro atoms. The molecule has 5 heterocycles. The lowest BCUT2D eigenvalue weighted by Crippen LogP contribution is -2.75. The van der Waals surface area contributed by atoms with E-state index >= 15 is 0 Å². The first-order valence-electron chi connectivity index (χ1n) is 28.4. The zero-order valence-electron chi connectivity index (χ0n) is 46.1. The monoisotopic (exact) mass is 1140 g/mol. The summed E-state index contributed by atoms with van der Waals surface area (Å²) in [4.78, 5) is 12.6. The van der Waals surface area contributed by atoms with Crippen LogP contribution in [-0.4, -0.2) is 251 Å². The maximum atomic E-state index is 12.6. The highest BCUT2D eigenvalue weighted by atomic mass is 16.8. The molecule has 5 saturated heterocycles. The van der Waals surface area contributed by atoms with Gasteiger partial charge in [0.05, 0.1) is 56.3 Å². The van der Waals surface area contributed by atoms with Crippen LogP contribution >= 0.6 is 0 Å². The summed E-state index contributed by atoms with van der Waals surface area (Å²) in [5.41, 5.74) is -4.91. The highest BCUT2D eigenvalue weighted by Gasteiger charge is 2.84. The van der Waals surface area contributed by atoms with Crippen LogP contribution in [0, 0.1) is 50.2 Å². The van der Waals surface area contributed by atoms with E-state index < -0.39 is 200 Å². The number of aliphatic hydroxyl groups excluding tert-OH is 14. The van der Waals surface area contributed by atoms with E-state index in [1.165, 1.54) is 6.92 Å². The summed E-state index contributed by atoms with van der Waals surface area (Å²) in [6.45, 7) is 11.4. The van der Waals surface area contributed by atoms with Gasteiger partial charge in [0.2, 0.25) is 0 Å². The Morgan fingerprint density at radius 3 is 1.82 bits per heavy atom. The third-order valence-corrected chi connectivity index (χ3v) is 22.3. The second-order valence-electron chi connectivity index (χ2n) is 26.8. The van der Waals surface area contributed by atoms with Gasteiger partial charge in [-0.3, -0.25) is 4.79 Å². The Hall–Kier alpha value is -1.45. The smallest absolute Gasteiger partial charge is 0.302 e. The van der Waals surface area contributed by atoms with Gasteiger partial charge in [0.25, 0.3) is 0 Å². The number of carbonyl (C=O) groups is 1. The molecule has 5 saturated carbocycles. The van der Waals surface area contributed by atoms with E-state index in [1.54, 1.807) is 0 Å². The van der Waals surface area contributed by atoms with Crippen LogP contribution in [0.25, 0.3) is 0 Å². The summed E-state index contributed by atoms with van der Waals surface area (Å²) in [5.74, 6) is -0.958. The van der Waals surface area contributed by atoms with Crippen LogP contribution in [0.2, 0.25) is 0 Å². The molecule has 10 rings (SSSR count). The van der Waals surface area contributed by atoms with Gasteiger partial charge in [0.15, 0.2) is 31.5 Å². The Morgan fingerprint density at radius 2 is 1.16 bits per heavy atom. The molecule has 31 atom stereocenters. The molecule has 5 aliphatic carbocycles. The van der Waals surface area contributed by atoms with Crippen LogP contribution in [0.1, 0.15) is 106 Å². The number of ether oxygens (including phenoxy) is 10. The Labute approximate surface area is 458 Å². The number of rotatable bonds is 12. The van der Waals surface area contributed by atoms with Gasteiger partial charge in [-0.2, -0.15) is 0 Å². The average molecular weight is 1140 g/mol. The highest BCUT2D eigenvalue weighted by molar-refractivity contribution is 5.66. The fourth-order valence-electron chi connectivity index (χ4n) is 18.1. The van der Waals surface area contributed by atoms with Crippen molar-refractivity contribution in [1.29, 1.82) is 0 Å². The van der Waals surface area contributed by atoms with Crippen molar-refractivity contribution < 1.29 is 124 Å². The third-order valence-electron chi connectivity index (χ3n) is 22.3. The normalized spacial score (nSPS) is 57.1. The van der Waals surface area contributed by atoms with E-state index in [4.69, 9.17) is 47.4 Å². The standard InChI is InChI=1S/C54H88O25/c1-22(58)72-32-16-48(2,3)14-29-53-13-9-28-49(4)11-10-31(50(5,21-57)27(49)8-12-51(28,6)52(53,7)15-30(60)54(29,32)47(69)79-53)76-45-41(78-44-40(68)37(65)34(62)24(17-55)73-44)36(64)26(20-71-45)75-46-42(38(66)35(63)25(18-56)74-46)77-43-39(67)33(61)23(59)19-70-43/h23-47,55-57,59-69H,8-21H2,1-7H3/t23-,24-,25-,26+,27-,28-,29+,30-,31+,32+,33+,34-,35-,36+,37+,38+,39-,40-,41-,42-,43+,44+,45+,46+,47+,49+,50+,51-,52+,53+,54-/m1/s1. The number of hydrogen-bond acceptors (Lipinski definition) is 25. The van der Waals surface area contributed by atoms with Gasteiger partial charge in [0.1, 0.15) is 91.6 Å². The quantitative estimate of drug-likeness (QED) is 0.0674. The Bertz CT molecular complexity index is 2180. The minimum absolute atomic E-state index is 0.0283. The minimum Gasteiger partial charge on any atom is -0.462 e. The molecule has 79 heavy (non-hydrogen) atoms. The maximum Gasteiger partial charge on any atom is 0.302 e.